The molecule has 0 heterocycles. The van der Waals surface area contributed by atoms with Crippen LogP contribution in [0.2, 0.25) is 0 Å². The molecule has 140 valence electrons. The fourth-order valence-electron chi connectivity index (χ4n) is 2.04. The van der Waals surface area contributed by atoms with E-state index >= 15 is 0 Å². The molecular formula is C19H14F3NO4. The van der Waals surface area contributed by atoms with Gasteiger partial charge in [-0.25, -0.2) is 9.59 Å². The Morgan fingerprint density at radius 3 is 2.44 bits per heavy atom. The van der Waals surface area contributed by atoms with Gasteiger partial charge in [-0.3, -0.25) is 0 Å². The topological polar surface area (TPSA) is 75.6 Å². The summed E-state index contributed by atoms with van der Waals surface area (Å²) >= 11 is 0. The Balaban J connectivity index is 1.95. The molecule has 2 rings (SSSR count). The number of carboxylic acids is 1. The van der Waals surface area contributed by atoms with Crippen molar-refractivity contribution < 1.29 is 32.6 Å². The van der Waals surface area contributed by atoms with Crippen molar-refractivity contribution in [2.45, 2.75) is 12.8 Å². The molecular weight excluding hydrogens is 363 g/mol. The van der Waals surface area contributed by atoms with Gasteiger partial charge in [-0.1, -0.05) is 42.2 Å². The van der Waals surface area contributed by atoms with Crippen molar-refractivity contribution >= 4 is 12.1 Å². The number of hydrogen-bond donors (Lipinski definition) is 2. The van der Waals surface area contributed by atoms with Crippen molar-refractivity contribution in [3.63, 3.8) is 0 Å². The van der Waals surface area contributed by atoms with Gasteiger partial charge in [0.15, 0.2) is 0 Å². The van der Waals surface area contributed by atoms with Gasteiger partial charge in [0.2, 0.25) is 0 Å². The predicted octanol–water partition coefficient (Wildman–Crippen LogP) is 3.68. The van der Waals surface area contributed by atoms with Gasteiger partial charge in [-0.05, 0) is 23.8 Å². The minimum Gasteiger partial charge on any atom is -0.478 e. The summed E-state index contributed by atoms with van der Waals surface area (Å²) in [5.41, 5.74) is -0.929. The van der Waals surface area contributed by atoms with Gasteiger partial charge in [0.1, 0.15) is 6.61 Å². The number of carbonyl (C=O) groups excluding carboxylic acids is 1. The first-order valence-electron chi connectivity index (χ1n) is 7.65. The quantitative estimate of drug-likeness (QED) is 0.797. The molecule has 0 atom stereocenters. The molecule has 0 bridgehead atoms. The van der Waals surface area contributed by atoms with Gasteiger partial charge in [0, 0.05) is 5.56 Å². The maximum absolute atomic E-state index is 12.7. The summed E-state index contributed by atoms with van der Waals surface area (Å²) in [6.07, 6.45) is -5.38. The Hall–Kier alpha value is -3.47. The molecule has 0 aliphatic carbocycles. The lowest BCUT2D eigenvalue weighted by Gasteiger charge is -2.08. The molecule has 0 saturated heterocycles. The first kappa shape index (κ1) is 19.8. The SMILES string of the molecule is O=C(NCC#Cc1ccc(C(F)(F)F)cc1C(=O)O)OCc1ccccc1. The van der Waals surface area contributed by atoms with Crippen molar-refractivity contribution in [1.29, 1.82) is 0 Å². The average molecular weight is 377 g/mol. The number of alkyl carbamates (subject to hydrolysis) is 1. The van der Waals surface area contributed by atoms with E-state index < -0.39 is 29.4 Å². The number of ether oxygens (including phenoxy) is 1. The first-order valence-corrected chi connectivity index (χ1v) is 7.65. The lowest BCUT2D eigenvalue weighted by atomic mass is 10.0. The summed E-state index contributed by atoms with van der Waals surface area (Å²) in [7, 11) is 0. The van der Waals surface area contributed by atoms with Gasteiger partial charge in [-0.2, -0.15) is 13.2 Å². The number of carboxylic acid groups (broad SMARTS) is 1. The number of carbonyl (C=O) groups is 2. The van der Waals surface area contributed by atoms with Gasteiger partial charge < -0.3 is 15.2 Å². The molecule has 0 aliphatic heterocycles. The van der Waals surface area contributed by atoms with Crippen LogP contribution in [0.15, 0.2) is 48.5 Å². The summed E-state index contributed by atoms with van der Waals surface area (Å²) in [5, 5.41) is 11.4. The van der Waals surface area contributed by atoms with Crippen LogP contribution in [0.1, 0.15) is 27.0 Å². The third-order valence-corrected chi connectivity index (χ3v) is 3.33. The van der Waals surface area contributed by atoms with E-state index in [-0.39, 0.29) is 18.7 Å². The Morgan fingerprint density at radius 1 is 1.11 bits per heavy atom. The highest BCUT2D eigenvalue weighted by molar-refractivity contribution is 5.91. The van der Waals surface area contributed by atoms with Crippen LogP contribution in [0, 0.1) is 11.8 Å². The molecule has 0 aromatic heterocycles. The molecule has 5 nitrogen and oxygen atoms in total. The fraction of sp³-hybridized carbons (Fsp3) is 0.158. The lowest BCUT2D eigenvalue weighted by Crippen LogP contribution is -2.24. The van der Waals surface area contributed by atoms with Crippen LogP contribution in [0.4, 0.5) is 18.0 Å². The van der Waals surface area contributed by atoms with Crippen molar-refractivity contribution in [1.82, 2.24) is 5.32 Å². The summed E-state index contributed by atoms with van der Waals surface area (Å²) in [6, 6.07) is 11.2. The van der Waals surface area contributed by atoms with Gasteiger partial charge in [0.25, 0.3) is 0 Å². The molecule has 8 heteroatoms. The van der Waals surface area contributed by atoms with Crippen LogP contribution >= 0.6 is 0 Å². The second kappa shape index (κ2) is 8.76. The van der Waals surface area contributed by atoms with Crippen molar-refractivity contribution in [3.05, 3.63) is 70.8 Å². The lowest BCUT2D eigenvalue weighted by molar-refractivity contribution is -0.137. The fourth-order valence-corrected chi connectivity index (χ4v) is 2.04. The third-order valence-electron chi connectivity index (χ3n) is 3.33. The van der Waals surface area contributed by atoms with E-state index in [1.807, 2.05) is 6.07 Å². The summed E-state index contributed by atoms with van der Waals surface area (Å²) in [6.45, 7) is -0.0874. The Morgan fingerprint density at radius 2 is 1.81 bits per heavy atom. The number of amides is 1. The van der Waals surface area contributed by atoms with E-state index in [1.54, 1.807) is 24.3 Å². The summed E-state index contributed by atoms with van der Waals surface area (Å²) in [5.74, 6) is 3.38. The average Bonchev–Trinajstić information content (AvgIpc) is 2.63. The van der Waals surface area contributed by atoms with Crippen molar-refractivity contribution in [2.24, 2.45) is 0 Å². The number of aromatic carboxylic acids is 1. The number of halogens is 3. The van der Waals surface area contributed by atoms with Crippen LogP contribution in [0.5, 0.6) is 0 Å². The largest absolute Gasteiger partial charge is 0.478 e. The van der Waals surface area contributed by atoms with Gasteiger partial charge >= 0.3 is 18.2 Å². The minimum absolute atomic E-state index is 0.0716. The molecule has 0 spiro atoms. The number of nitrogens with one attached hydrogen (secondary N) is 1. The maximum Gasteiger partial charge on any atom is 0.416 e. The van der Waals surface area contributed by atoms with Crippen LogP contribution in [-0.4, -0.2) is 23.7 Å². The molecule has 0 aliphatic rings. The van der Waals surface area contributed by atoms with E-state index in [4.69, 9.17) is 9.84 Å². The van der Waals surface area contributed by atoms with Crippen LogP contribution in [-0.2, 0) is 17.5 Å². The first-order chi connectivity index (χ1) is 12.8. The molecule has 0 unspecified atom stereocenters. The standard InChI is InChI=1S/C19H14F3NO4/c20-19(21,22)15-9-8-14(16(11-15)17(24)25)7-4-10-23-18(26)27-12-13-5-2-1-3-6-13/h1-3,5-6,8-9,11H,10,12H2,(H,23,26)(H,24,25). The molecule has 27 heavy (non-hydrogen) atoms. The van der Waals surface area contributed by atoms with Crippen molar-refractivity contribution in [3.8, 4) is 11.8 Å². The van der Waals surface area contributed by atoms with Crippen LogP contribution in [0.3, 0.4) is 0 Å². The normalized spacial score (nSPS) is 10.5. The molecule has 0 fully saturated rings. The van der Waals surface area contributed by atoms with Crippen LogP contribution in [0.25, 0.3) is 0 Å². The third kappa shape index (κ3) is 6.08. The number of rotatable bonds is 4. The Labute approximate surface area is 152 Å². The van der Waals surface area contributed by atoms with E-state index in [0.29, 0.717) is 6.07 Å². The highest BCUT2D eigenvalue weighted by Crippen LogP contribution is 2.30. The van der Waals surface area contributed by atoms with E-state index in [1.165, 1.54) is 0 Å². The van der Waals surface area contributed by atoms with Crippen LogP contribution < -0.4 is 5.32 Å². The molecule has 0 saturated carbocycles. The van der Waals surface area contributed by atoms with Gasteiger partial charge in [0.05, 0.1) is 17.7 Å². The molecule has 2 aromatic rings. The highest BCUT2D eigenvalue weighted by atomic mass is 19.4. The zero-order valence-corrected chi connectivity index (χ0v) is 13.8. The molecule has 1 amide bonds. The second-order valence-corrected chi connectivity index (χ2v) is 5.28. The second-order valence-electron chi connectivity index (χ2n) is 5.28. The predicted molar refractivity (Wildman–Crippen MR) is 89.9 cm³/mol. The summed E-state index contributed by atoms with van der Waals surface area (Å²) in [4.78, 5) is 22.7. The van der Waals surface area contributed by atoms with Crippen molar-refractivity contribution in [2.75, 3.05) is 6.54 Å². The number of alkyl halides is 3. The van der Waals surface area contributed by atoms with E-state index in [0.717, 1.165) is 17.7 Å². The highest BCUT2D eigenvalue weighted by Gasteiger charge is 2.31. The monoisotopic (exact) mass is 377 g/mol. The molecule has 2 aromatic carbocycles. The van der Waals surface area contributed by atoms with E-state index in [2.05, 4.69) is 17.2 Å². The molecule has 2 N–H and O–H groups in total. The summed E-state index contributed by atoms with van der Waals surface area (Å²) < 4.78 is 42.9. The molecule has 0 radical (unpaired) electrons. The Bertz CT molecular complexity index is 883. The smallest absolute Gasteiger partial charge is 0.416 e. The van der Waals surface area contributed by atoms with Gasteiger partial charge in [-0.15, -0.1) is 0 Å². The minimum atomic E-state index is -4.65. The maximum atomic E-state index is 12.7. The van der Waals surface area contributed by atoms with E-state index in [9.17, 15) is 22.8 Å². The number of hydrogen-bond acceptors (Lipinski definition) is 3. The number of benzene rings is 2. The Kier molecular flexibility index (Phi) is 6.44. The zero-order chi connectivity index (χ0) is 19.9. The zero-order valence-electron chi connectivity index (χ0n) is 13.8.